The Morgan fingerprint density at radius 3 is 2.54 bits per heavy atom. The van der Waals surface area contributed by atoms with Crippen molar-refractivity contribution in [3.63, 3.8) is 0 Å². The van der Waals surface area contributed by atoms with E-state index in [0.29, 0.717) is 15.9 Å². The molecule has 2 aromatic carbocycles. The molecule has 0 aliphatic carbocycles. The summed E-state index contributed by atoms with van der Waals surface area (Å²) in [5.74, 6) is -0.283. The highest BCUT2D eigenvalue weighted by Crippen LogP contribution is 2.11. The summed E-state index contributed by atoms with van der Waals surface area (Å²) in [7, 11) is 0. The average molecular weight is 340 g/mol. The molecule has 3 aromatic rings. The van der Waals surface area contributed by atoms with Gasteiger partial charge in [-0.15, -0.1) is 5.12 Å². The molecule has 5 nitrogen and oxygen atoms in total. The first kappa shape index (κ1) is 16.0. The number of para-hydroxylation sites is 1. The number of hydrogen-bond acceptors (Lipinski definition) is 3. The van der Waals surface area contributed by atoms with Crippen LogP contribution in [0.4, 0.5) is 0 Å². The van der Waals surface area contributed by atoms with Gasteiger partial charge in [-0.05, 0) is 29.8 Å². The lowest BCUT2D eigenvalue weighted by molar-refractivity contribution is -0.118. The van der Waals surface area contributed by atoms with Gasteiger partial charge >= 0.3 is 0 Å². The van der Waals surface area contributed by atoms with Gasteiger partial charge in [-0.25, -0.2) is 4.68 Å². The van der Waals surface area contributed by atoms with Gasteiger partial charge in [0.25, 0.3) is 5.91 Å². The van der Waals surface area contributed by atoms with Crippen LogP contribution in [0.3, 0.4) is 0 Å². The van der Waals surface area contributed by atoms with Crippen molar-refractivity contribution < 1.29 is 4.79 Å². The van der Waals surface area contributed by atoms with E-state index in [2.05, 4.69) is 5.10 Å². The fraction of sp³-hybridized carbons (Fsp3) is 0.0556. The quantitative estimate of drug-likeness (QED) is 0.543. The molecule has 1 aromatic heterocycles. The molecule has 0 N–H and O–H groups in total. The molecule has 0 fully saturated rings. The number of nitrogens with zero attached hydrogens (tertiary/aromatic N) is 3. The number of carbonyl (C=O) groups excluding carboxylic acids is 1. The second-order valence-electron chi connectivity index (χ2n) is 5.15. The summed E-state index contributed by atoms with van der Waals surface area (Å²) >= 11 is 5.86. The van der Waals surface area contributed by atoms with Crippen LogP contribution < -0.4 is 10.5 Å². The van der Waals surface area contributed by atoms with Gasteiger partial charge in [0, 0.05) is 29.6 Å². The van der Waals surface area contributed by atoms with E-state index >= 15 is 0 Å². The zero-order chi connectivity index (χ0) is 17.1. The van der Waals surface area contributed by atoms with Crippen LogP contribution in [0.1, 0.15) is 12.5 Å². The number of aromatic nitrogens is 1. The van der Waals surface area contributed by atoms with E-state index in [1.165, 1.54) is 24.3 Å². The minimum Gasteiger partial charge on any atom is -0.289 e. The topological polar surface area (TPSA) is 54.7 Å². The van der Waals surface area contributed by atoms with Crippen molar-refractivity contribution in [2.45, 2.75) is 6.92 Å². The maximum absolute atomic E-state index is 12.0. The predicted molar refractivity (Wildman–Crippen MR) is 96.2 cm³/mol. The second-order valence-corrected chi connectivity index (χ2v) is 5.58. The molecule has 3 rings (SSSR count). The Labute approximate surface area is 143 Å². The van der Waals surface area contributed by atoms with Crippen molar-refractivity contribution in [3.05, 3.63) is 81.6 Å². The molecule has 0 aliphatic heterocycles. The van der Waals surface area contributed by atoms with E-state index in [1.54, 1.807) is 59.4 Å². The summed E-state index contributed by atoms with van der Waals surface area (Å²) in [5.41, 5.74) is 1.30. The highest BCUT2D eigenvalue weighted by atomic mass is 35.5. The SMILES string of the molecule is CC(=O)N(N=Cc1ccc(Cl)cc1)n1ccc(=O)c2ccccc21. The molecule has 6 heteroatoms. The van der Waals surface area contributed by atoms with E-state index < -0.39 is 0 Å². The van der Waals surface area contributed by atoms with Gasteiger partial charge in [0.1, 0.15) is 0 Å². The number of halogens is 1. The van der Waals surface area contributed by atoms with Gasteiger partial charge in [-0.2, -0.15) is 5.10 Å². The third kappa shape index (κ3) is 3.21. The molecule has 24 heavy (non-hydrogen) atoms. The Kier molecular flexibility index (Phi) is 4.44. The van der Waals surface area contributed by atoms with Crippen LogP contribution in [0.25, 0.3) is 10.9 Å². The molecule has 0 radical (unpaired) electrons. The molecule has 0 unspecified atom stereocenters. The summed E-state index contributed by atoms with van der Waals surface area (Å²) in [6.07, 6.45) is 3.09. The molecule has 0 aliphatic rings. The first-order valence-corrected chi connectivity index (χ1v) is 7.65. The third-order valence-electron chi connectivity index (χ3n) is 3.46. The monoisotopic (exact) mass is 339 g/mol. The minimum atomic E-state index is -0.283. The Hall–Kier alpha value is -2.92. The van der Waals surface area contributed by atoms with Crippen molar-refractivity contribution in [1.29, 1.82) is 0 Å². The fourth-order valence-corrected chi connectivity index (χ4v) is 2.44. The molecule has 0 bridgehead atoms. The zero-order valence-electron chi connectivity index (χ0n) is 12.9. The van der Waals surface area contributed by atoms with Crippen molar-refractivity contribution in [2.24, 2.45) is 5.10 Å². The number of rotatable bonds is 3. The summed E-state index contributed by atoms with van der Waals surface area (Å²) in [5, 5.41) is 6.60. The summed E-state index contributed by atoms with van der Waals surface area (Å²) in [6, 6.07) is 15.6. The number of benzene rings is 2. The minimum absolute atomic E-state index is 0.105. The van der Waals surface area contributed by atoms with Crippen LogP contribution in [-0.4, -0.2) is 16.8 Å². The number of pyridine rings is 1. The molecule has 1 amide bonds. The summed E-state index contributed by atoms with van der Waals surface area (Å²) in [6.45, 7) is 1.41. The molecular weight excluding hydrogens is 326 g/mol. The van der Waals surface area contributed by atoms with Crippen LogP contribution in [-0.2, 0) is 4.79 Å². The van der Waals surface area contributed by atoms with Gasteiger partial charge < -0.3 is 0 Å². The molecule has 0 saturated heterocycles. The Morgan fingerprint density at radius 1 is 1.12 bits per heavy atom. The van der Waals surface area contributed by atoms with Crippen molar-refractivity contribution >= 4 is 34.6 Å². The lowest BCUT2D eigenvalue weighted by atomic mass is 10.2. The molecule has 0 atom stereocenters. The molecule has 1 heterocycles. The molecular formula is C18H14ClN3O2. The van der Waals surface area contributed by atoms with Crippen molar-refractivity contribution in [1.82, 2.24) is 4.68 Å². The number of carbonyl (C=O) groups is 1. The van der Waals surface area contributed by atoms with Gasteiger partial charge in [0.15, 0.2) is 5.43 Å². The lowest BCUT2D eigenvalue weighted by Crippen LogP contribution is -2.34. The smallest absolute Gasteiger partial charge is 0.259 e. The maximum Gasteiger partial charge on any atom is 0.259 e. The second kappa shape index (κ2) is 6.68. The van der Waals surface area contributed by atoms with Crippen LogP contribution >= 0.6 is 11.6 Å². The predicted octanol–water partition coefficient (Wildman–Crippen LogP) is 3.17. The van der Waals surface area contributed by atoms with Crippen molar-refractivity contribution in [3.8, 4) is 0 Å². The van der Waals surface area contributed by atoms with Gasteiger partial charge in [-0.3, -0.25) is 9.59 Å². The Morgan fingerprint density at radius 2 is 1.83 bits per heavy atom. The number of fused-ring (bicyclic) bond motifs is 1. The number of hydrogen-bond donors (Lipinski definition) is 0. The van der Waals surface area contributed by atoms with Crippen LogP contribution in [0.2, 0.25) is 5.02 Å². The average Bonchev–Trinajstić information content (AvgIpc) is 2.58. The summed E-state index contributed by atoms with van der Waals surface area (Å²) in [4.78, 5) is 24.0. The van der Waals surface area contributed by atoms with Crippen LogP contribution in [0, 0.1) is 0 Å². The zero-order valence-corrected chi connectivity index (χ0v) is 13.6. The van der Waals surface area contributed by atoms with E-state index in [9.17, 15) is 9.59 Å². The van der Waals surface area contributed by atoms with E-state index in [0.717, 1.165) is 5.56 Å². The van der Waals surface area contributed by atoms with Crippen LogP contribution in [0.15, 0.2) is 70.7 Å². The standard InChI is InChI=1S/C18H14ClN3O2/c1-13(23)22(20-12-14-6-8-15(19)9-7-14)21-11-10-18(24)16-4-2-3-5-17(16)21/h2-12H,1H3. The largest absolute Gasteiger partial charge is 0.289 e. The highest BCUT2D eigenvalue weighted by molar-refractivity contribution is 6.30. The van der Waals surface area contributed by atoms with Crippen LogP contribution in [0.5, 0.6) is 0 Å². The first-order valence-electron chi connectivity index (χ1n) is 7.27. The first-order chi connectivity index (χ1) is 11.6. The lowest BCUT2D eigenvalue weighted by Gasteiger charge is -2.20. The Bertz CT molecular complexity index is 977. The highest BCUT2D eigenvalue weighted by Gasteiger charge is 2.12. The van der Waals surface area contributed by atoms with E-state index in [4.69, 9.17) is 11.6 Å². The molecule has 120 valence electrons. The van der Waals surface area contributed by atoms with E-state index in [-0.39, 0.29) is 11.3 Å². The molecule has 0 spiro atoms. The number of amides is 1. The maximum atomic E-state index is 12.0. The van der Waals surface area contributed by atoms with Crippen molar-refractivity contribution in [2.75, 3.05) is 5.12 Å². The van der Waals surface area contributed by atoms with Gasteiger partial charge in [-0.1, -0.05) is 35.9 Å². The summed E-state index contributed by atoms with van der Waals surface area (Å²) < 4.78 is 1.55. The van der Waals surface area contributed by atoms with E-state index in [1.807, 2.05) is 0 Å². The third-order valence-corrected chi connectivity index (χ3v) is 3.71. The van der Waals surface area contributed by atoms with Gasteiger partial charge in [0.2, 0.25) is 0 Å². The van der Waals surface area contributed by atoms with Gasteiger partial charge in [0.05, 0.1) is 11.7 Å². The molecule has 0 saturated carbocycles. The Balaban J connectivity index is 2.06. The normalized spacial score (nSPS) is 11.1. The fourth-order valence-electron chi connectivity index (χ4n) is 2.31. The number of hydrazone groups is 1.